The lowest BCUT2D eigenvalue weighted by molar-refractivity contribution is 0.0951. The van der Waals surface area contributed by atoms with E-state index in [4.69, 9.17) is 4.74 Å². The number of carbonyl (C=O) groups excluding carboxylic acids is 1. The van der Waals surface area contributed by atoms with Crippen molar-refractivity contribution in [1.82, 2.24) is 5.32 Å². The first-order chi connectivity index (χ1) is 10.7. The zero-order valence-electron chi connectivity index (χ0n) is 12.5. The third-order valence-electron chi connectivity index (χ3n) is 3.14. The van der Waals surface area contributed by atoms with Gasteiger partial charge in [-0.25, -0.2) is 0 Å². The first-order valence-corrected chi connectivity index (χ1v) is 8.32. The maximum absolute atomic E-state index is 12.2. The molecule has 0 heterocycles. The summed E-state index contributed by atoms with van der Waals surface area (Å²) >= 11 is 0. The molecule has 116 valence electrons. The van der Waals surface area contributed by atoms with Gasteiger partial charge in [0.25, 0.3) is 5.91 Å². The Morgan fingerprint density at radius 3 is 2.50 bits per heavy atom. The average molecular weight is 317 g/mol. The van der Waals surface area contributed by atoms with Crippen molar-refractivity contribution in [3.8, 4) is 0 Å². The summed E-state index contributed by atoms with van der Waals surface area (Å²) in [5.74, 6) is 0.222. The Kier molecular flexibility index (Phi) is 6.30. The molecule has 1 amide bonds. The zero-order chi connectivity index (χ0) is 15.8. The third-order valence-corrected chi connectivity index (χ3v) is 4.51. The second kappa shape index (κ2) is 8.46. The van der Waals surface area contributed by atoms with Crippen LogP contribution < -0.4 is 5.32 Å². The summed E-state index contributed by atoms with van der Waals surface area (Å²) in [6, 6.07) is 16.6. The highest BCUT2D eigenvalue weighted by atomic mass is 32.2. The standard InChI is InChI=1S/C17H19NO3S/c1-21-13-14-7-5-6-10-16(14)17(19)18-11-12-22(20)15-8-3-2-4-9-15/h2-10H,11-13H2,1H3,(H,18,19). The van der Waals surface area contributed by atoms with Crippen molar-refractivity contribution in [1.29, 1.82) is 0 Å². The molecule has 0 saturated heterocycles. The van der Waals surface area contributed by atoms with E-state index in [1.54, 1.807) is 13.2 Å². The largest absolute Gasteiger partial charge is 0.380 e. The van der Waals surface area contributed by atoms with Gasteiger partial charge in [0.05, 0.1) is 17.4 Å². The molecule has 22 heavy (non-hydrogen) atoms. The lowest BCUT2D eigenvalue weighted by Gasteiger charge is -2.09. The van der Waals surface area contributed by atoms with Crippen molar-refractivity contribution >= 4 is 16.7 Å². The number of ether oxygens (including phenoxy) is 1. The maximum atomic E-state index is 12.2. The molecule has 2 rings (SSSR count). The van der Waals surface area contributed by atoms with Crippen LogP contribution in [0.25, 0.3) is 0 Å². The fraction of sp³-hybridized carbons (Fsp3) is 0.235. The van der Waals surface area contributed by atoms with E-state index in [1.165, 1.54) is 0 Å². The van der Waals surface area contributed by atoms with Crippen LogP contribution in [0.5, 0.6) is 0 Å². The number of benzene rings is 2. The van der Waals surface area contributed by atoms with Crippen LogP contribution in [0, 0.1) is 0 Å². The molecule has 2 aromatic carbocycles. The predicted molar refractivity (Wildman–Crippen MR) is 87.2 cm³/mol. The molecular weight excluding hydrogens is 298 g/mol. The summed E-state index contributed by atoms with van der Waals surface area (Å²) in [5, 5.41) is 2.81. The second-order valence-corrected chi connectivity index (χ2v) is 6.28. The lowest BCUT2D eigenvalue weighted by atomic mass is 10.1. The molecule has 5 heteroatoms. The van der Waals surface area contributed by atoms with E-state index >= 15 is 0 Å². The molecule has 0 radical (unpaired) electrons. The van der Waals surface area contributed by atoms with Gasteiger partial charge in [-0.15, -0.1) is 0 Å². The Morgan fingerprint density at radius 1 is 1.09 bits per heavy atom. The third kappa shape index (κ3) is 4.51. The van der Waals surface area contributed by atoms with Gasteiger partial charge < -0.3 is 10.1 Å². The van der Waals surface area contributed by atoms with Gasteiger partial charge >= 0.3 is 0 Å². The number of hydrogen-bond acceptors (Lipinski definition) is 3. The van der Waals surface area contributed by atoms with Crippen molar-refractivity contribution in [2.75, 3.05) is 19.4 Å². The molecular formula is C17H19NO3S. The van der Waals surface area contributed by atoms with E-state index < -0.39 is 10.8 Å². The van der Waals surface area contributed by atoms with Gasteiger partial charge in [0.15, 0.2) is 0 Å². The van der Waals surface area contributed by atoms with E-state index in [2.05, 4.69) is 5.32 Å². The first kappa shape index (κ1) is 16.4. The highest BCUT2D eigenvalue weighted by Crippen LogP contribution is 2.10. The minimum atomic E-state index is -1.10. The molecule has 2 aromatic rings. The molecule has 0 aliphatic heterocycles. The van der Waals surface area contributed by atoms with Crippen LogP contribution in [-0.2, 0) is 22.1 Å². The maximum Gasteiger partial charge on any atom is 0.251 e. The van der Waals surface area contributed by atoms with Crippen LogP contribution in [-0.4, -0.2) is 29.5 Å². The fourth-order valence-corrected chi connectivity index (χ4v) is 3.05. The first-order valence-electron chi connectivity index (χ1n) is 7.01. The van der Waals surface area contributed by atoms with E-state index in [0.717, 1.165) is 10.5 Å². The van der Waals surface area contributed by atoms with Crippen LogP contribution in [0.2, 0.25) is 0 Å². The number of methoxy groups -OCH3 is 1. The number of rotatable bonds is 7. The Bertz CT molecular complexity index is 643. The Hall–Kier alpha value is -1.98. The van der Waals surface area contributed by atoms with E-state index in [9.17, 15) is 9.00 Å². The van der Waals surface area contributed by atoms with Crippen molar-refractivity contribution in [2.45, 2.75) is 11.5 Å². The van der Waals surface area contributed by atoms with Crippen LogP contribution in [0.15, 0.2) is 59.5 Å². The quantitative estimate of drug-likeness (QED) is 0.853. The van der Waals surface area contributed by atoms with Gasteiger partial charge in [-0.05, 0) is 23.8 Å². The van der Waals surface area contributed by atoms with Crippen LogP contribution in [0.1, 0.15) is 15.9 Å². The number of carbonyl (C=O) groups is 1. The van der Waals surface area contributed by atoms with Gasteiger partial charge in [0.1, 0.15) is 0 Å². The zero-order valence-corrected chi connectivity index (χ0v) is 13.3. The highest BCUT2D eigenvalue weighted by Gasteiger charge is 2.11. The molecule has 0 aliphatic carbocycles. The highest BCUT2D eigenvalue weighted by molar-refractivity contribution is 7.85. The summed E-state index contributed by atoms with van der Waals surface area (Å²) in [6.07, 6.45) is 0. The minimum Gasteiger partial charge on any atom is -0.380 e. The van der Waals surface area contributed by atoms with Gasteiger partial charge in [-0.1, -0.05) is 36.4 Å². The normalized spacial score (nSPS) is 11.9. The molecule has 1 unspecified atom stereocenters. The Morgan fingerprint density at radius 2 is 1.77 bits per heavy atom. The van der Waals surface area contributed by atoms with Crippen molar-refractivity contribution in [3.05, 3.63) is 65.7 Å². The molecule has 1 atom stereocenters. The van der Waals surface area contributed by atoms with Crippen molar-refractivity contribution in [3.63, 3.8) is 0 Å². The molecule has 0 spiro atoms. The van der Waals surface area contributed by atoms with E-state index in [-0.39, 0.29) is 5.91 Å². The SMILES string of the molecule is COCc1ccccc1C(=O)NCCS(=O)c1ccccc1. The lowest BCUT2D eigenvalue weighted by Crippen LogP contribution is -2.28. The summed E-state index contributed by atoms with van der Waals surface area (Å²) in [6.45, 7) is 0.751. The number of nitrogens with one attached hydrogen (secondary N) is 1. The van der Waals surface area contributed by atoms with Crippen molar-refractivity contribution < 1.29 is 13.7 Å². The van der Waals surface area contributed by atoms with Crippen LogP contribution in [0.3, 0.4) is 0 Å². The average Bonchev–Trinajstić information content (AvgIpc) is 2.56. The molecule has 1 N–H and O–H groups in total. The van der Waals surface area contributed by atoms with Crippen LogP contribution >= 0.6 is 0 Å². The van der Waals surface area contributed by atoms with E-state index in [0.29, 0.717) is 24.5 Å². The molecule has 4 nitrogen and oxygen atoms in total. The number of amides is 1. The smallest absolute Gasteiger partial charge is 0.251 e. The van der Waals surface area contributed by atoms with Gasteiger partial charge in [0.2, 0.25) is 0 Å². The second-order valence-electron chi connectivity index (χ2n) is 4.71. The van der Waals surface area contributed by atoms with Crippen molar-refractivity contribution in [2.24, 2.45) is 0 Å². The minimum absolute atomic E-state index is 0.169. The summed E-state index contributed by atoms with van der Waals surface area (Å²) in [4.78, 5) is 13.0. The number of hydrogen-bond donors (Lipinski definition) is 1. The topological polar surface area (TPSA) is 55.4 Å². The summed E-state index contributed by atoms with van der Waals surface area (Å²) in [7, 11) is 0.491. The van der Waals surface area contributed by atoms with E-state index in [1.807, 2.05) is 48.5 Å². The summed E-state index contributed by atoms with van der Waals surface area (Å²) < 4.78 is 17.2. The molecule has 0 aliphatic rings. The Labute approximate surface area is 133 Å². The van der Waals surface area contributed by atoms with Crippen LogP contribution in [0.4, 0.5) is 0 Å². The Balaban J connectivity index is 1.89. The molecule has 0 fully saturated rings. The molecule has 0 aromatic heterocycles. The van der Waals surface area contributed by atoms with Gasteiger partial charge in [-0.3, -0.25) is 9.00 Å². The predicted octanol–water partition coefficient (Wildman–Crippen LogP) is 2.37. The molecule has 0 saturated carbocycles. The molecule has 0 bridgehead atoms. The van der Waals surface area contributed by atoms with Gasteiger partial charge in [0, 0.05) is 29.9 Å². The monoisotopic (exact) mass is 317 g/mol. The van der Waals surface area contributed by atoms with Gasteiger partial charge in [-0.2, -0.15) is 0 Å². The summed E-state index contributed by atoms with van der Waals surface area (Å²) in [5.41, 5.74) is 1.43. The fourth-order valence-electron chi connectivity index (χ4n) is 2.07.